The molecular formula is C10H14N2O2. The predicted octanol–water partition coefficient (Wildman–Crippen LogP) is 0.926. The van der Waals surface area contributed by atoms with Crippen LogP contribution in [0.4, 0.5) is 5.82 Å². The van der Waals surface area contributed by atoms with Crippen molar-refractivity contribution >= 4 is 11.6 Å². The predicted molar refractivity (Wildman–Crippen MR) is 54.0 cm³/mol. The molecule has 0 radical (unpaired) electrons. The summed E-state index contributed by atoms with van der Waals surface area (Å²) in [6.45, 7) is 4.62. The third kappa shape index (κ3) is 1.90. The summed E-state index contributed by atoms with van der Waals surface area (Å²) in [5, 5.41) is 9.56. The van der Waals surface area contributed by atoms with Crippen LogP contribution < -0.4 is 5.73 Å². The molecule has 0 aromatic carbocycles. The number of hydrogen-bond acceptors (Lipinski definition) is 4. The van der Waals surface area contributed by atoms with Crippen LogP contribution in [0.15, 0.2) is 12.3 Å². The van der Waals surface area contributed by atoms with Crippen molar-refractivity contribution in [2.75, 3.05) is 5.73 Å². The lowest BCUT2D eigenvalue weighted by molar-refractivity contribution is 0.0488. The van der Waals surface area contributed by atoms with Gasteiger partial charge in [-0.3, -0.25) is 4.79 Å². The van der Waals surface area contributed by atoms with Crippen LogP contribution in [-0.4, -0.2) is 21.5 Å². The first-order valence-electron chi connectivity index (χ1n) is 4.32. The number of nitrogen functional groups attached to an aromatic ring is 1. The van der Waals surface area contributed by atoms with E-state index in [2.05, 4.69) is 4.98 Å². The number of aliphatic hydroxyl groups is 1. The molecule has 4 nitrogen and oxygen atoms in total. The molecule has 14 heavy (non-hydrogen) atoms. The van der Waals surface area contributed by atoms with Gasteiger partial charge in [0.25, 0.3) is 0 Å². The number of rotatable bonds is 2. The van der Waals surface area contributed by atoms with Crippen LogP contribution in [0.25, 0.3) is 0 Å². The maximum atomic E-state index is 11.7. The minimum Gasteiger partial charge on any atom is -0.383 e. The molecule has 0 saturated heterocycles. The fourth-order valence-electron chi connectivity index (χ4n) is 1.18. The molecule has 0 bridgehead atoms. The van der Waals surface area contributed by atoms with Gasteiger partial charge >= 0.3 is 0 Å². The molecule has 0 amide bonds. The van der Waals surface area contributed by atoms with Crippen LogP contribution in [0.3, 0.4) is 0 Å². The van der Waals surface area contributed by atoms with Gasteiger partial charge < -0.3 is 10.8 Å². The van der Waals surface area contributed by atoms with E-state index < -0.39 is 11.4 Å². The molecule has 1 aromatic rings. The van der Waals surface area contributed by atoms with E-state index >= 15 is 0 Å². The first kappa shape index (κ1) is 10.7. The monoisotopic (exact) mass is 194 g/mol. The Morgan fingerprint density at radius 2 is 2.14 bits per heavy atom. The molecular weight excluding hydrogens is 180 g/mol. The molecule has 0 fully saturated rings. The van der Waals surface area contributed by atoms with Gasteiger partial charge in [-0.2, -0.15) is 0 Å². The summed E-state index contributed by atoms with van der Waals surface area (Å²) in [5.74, 6) is -0.238. The van der Waals surface area contributed by atoms with E-state index in [1.807, 2.05) is 0 Å². The second-order valence-corrected chi connectivity index (χ2v) is 3.78. The summed E-state index contributed by atoms with van der Waals surface area (Å²) in [5.41, 5.74) is 5.19. The molecule has 76 valence electrons. The quantitative estimate of drug-likeness (QED) is 0.686. The number of Topliss-reactive ketones (excluding diaryl/α,β-unsaturated/α-hetero) is 1. The van der Waals surface area contributed by atoms with E-state index in [-0.39, 0.29) is 5.82 Å². The fourth-order valence-corrected chi connectivity index (χ4v) is 1.18. The third-order valence-corrected chi connectivity index (χ3v) is 1.97. The number of hydrogen-bond donors (Lipinski definition) is 2. The van der Waals surface area contributed by atoms with Crippen molar-refractivity contribution < 1.29 is 9.90 Å². The lowest BCUT2D eigenvalue weighted by atomic mass is 9.94. The number of pyridine rings is 1. The summed E-state index contributed by atoms with van der Waals surface area (Å²) in [6, 6.07) is 1.69. The minimum atomic E-state index is -1.41. The van der Waals surface area contributed by atoms with Gasteiger partial charge in [0, 0.05) is 6.20 Å². The van der Waals surface area contributed by atoms with Crippen molar-refractivity contribution in [2.24, 2.45) is 0 Å². The van der Waals surface area contributed by atoms with Gasteiger partial charge in [-0.1, -0.05) is 0 Å². The molecule has 0 saturated carbocycles. The number of aromatic nitrogens is 1. The van der Waals surface area contributed by atoms with Crippen LogP contribution in [0.5, 0.6) is 0 Å². The highest BCUT2D eigenvalue weighted by atomic mass is 16.3. The molecule has 1 aromatic heterocycles. The first-order chi connectivity index (χ1) is 6.34. The minimum absolute atomic E-state index is 0.164. The number of ketones is 1. The van der Waals surface area contributed by atoms with Gasteiger partial charge in [0.2, 0.25) is 0 Å². The van der Waals surface area contributed by atoms with Gasteiger partial charge in [0.15, 0.2) is 5.78 Å². The average molecular weight is 194 g/mol. The van der Waals surface area contributed by atoms with Crippen molar-refractivity contribution in [2.45, 2.75) is 26.4 Å². The van der Waals surface area contributed by atoms with Gasteiger partial charge in [-0.25, -0.2) is 4.98 Å². The lowest BCUT2D eigenvalue weighted by Crippen LogP contribution is -2.32. The van der Waals surface area contributed by atoms with E-state index in [1.54, 1.807) is 13.0 Å². The highest BCUT2D eigenvalue weighted by Crippen LogP contribution is 2.20. The number of nitrogens with zero attached hydrogens (tertiary/aromatic N) is 1. The smallest absolute Gasteiger partial charge is 0.197 e. The summed E-state index contributed by atoms with van der Waals surface area (Å²) in [4.78, 5) is 15.6. The summed E-state index contributed by atoms with van der Waals surface area (Å²) < 4.78 is 0. The maximum absolute atomic E-state index is 11.7. The molecule has 0 atom stereocenters. The Hall–Kier alpha value is -1.42. The van der Waals surface area contributed by atoms with Gasteiger partial charge in [-0.05, 0) is 32.4 Å². The van der Waals surface area contributed by atoms with Crippen LogP contribution in [0, 0.1) is 6.92 Å². The fraction of sp³-hybridized carbons (Fsp3) is 0.400. The second kappa shape index (κ2) is 3.38. The Labute approximate surface area is 82.8 Å². The maximum Gasteiger partial charge on any atom is 0.197 e. The third-order valence-electron chi connectivity index (χ3n) is 1.97. The van der Waals surface area contributed by atoms with E-state index in [1.165, 1.54) is 20.0 Å². The van der Waals surface area contributed by atoms with Crippen LogP contribution in [0.2, 0.25) is 0 Å². The Bertz CT molecular complexity index is 347. The van der Waals surface area contributed by atoms with Crippen molar-refractivity contribution in [3.05, 3.63) is 23.4 Å². The van der Waals surface area contributed by atoms with Crippen molar-refractivity contribution in [1.82, 2.24) is 4.98 Å². The number of nitrogens with two attached hydrogens (primary N) is 1. The normalized spacial score (nSPS) is 11.4. The highest BCUT2D eigenvalue weighted by Gasteiger charge is 2.28. The molecule has 0 spiro atoms. The topological polar surface area (TPSA) is 76.2 Å². The Morgan fingerprint density at radius 1 is 1.57 bits per heavy atom. The van der Waals surface area contributed by atoms with Gasteiger partial charge in [0.1, 0.15) is 11.4 Å². The summed E-state index contributed by atoms with van der Waals surface area (Å²) in [6.07, 6.45) is 1.53. The van der Waals surface area contributed by atoms with Crippen LogP contribution in [-0.2, 0) is 0 Å². The number of carbonyl (C=O) groups is 1. The zero-order chi connectivity index (χ0) is 10.9. The molecule has 3 N–H and O–H groups in total. The van der Waals surface area contributed by atoms with E-state index in [4.69, 9.17) is 5.73 Å². The average Bonchev–Trinajstić information content (AvgIpc) is 2.01. The van der Waals surface area contributed by atoms with Crippen LogP contribution >= 0.6 is 0 Å². The number of carbonyl (C=O) groups excluding carboxylic acids is 1. The zero-order valence-corrected chi connectivity index (χ0v) is 8.53. The number of anilines is 1. The molecule has 1 rings (SSSR count). The Balaban J connectivity index is 3.26. The van der Waals surface area contributed by atoms with Crippen molar-refractivity contribution in [1.29, 1.82) is 0 Å². The summed E-state index contributed by atoms with van der Waals surface area (Å²) in [7, 11) is 0. The highest BCUT2D eigenvalue weighted by molar-refractivity contribution is 6.06. The molecule has 1 heterocycles. The van der Waals surface area contributed by atoms with Crippen LogP contribution in [0.1, 0.15) is 29.8 Å². The van der Waals surface area contributed by atoms with Crippen molar-refractivity contribution in [3.63, 3.8) is 0 Å². The van der Waals surface area contributed by atoms with E-state index in [0.29, 0.717) is 5.56 Å². The largest absolute Gasteiger partial charge is 0.383 e. The molecule has 0 aliphatic rings. The van der Waals surface area contributed by atoms with Gasteiger partial charge in [-0.15, -0.1) is 0 Å². The molecule has 4 heteroatoms. The summed E-state index contributed by atoms with van der Waals surface area (Å²) >= 11 is 0. The molecule has 0 unspecified atom stereocenters. The second-order valence-electron chi connectivity index (χ2n) is 3.78. The number of aryl methyl sites for hydroxylation is 1. The lowest BCUT2D eigenvalue weighted by Gasteiger charge is -2.17. The molecule has 0 aliphatic heterocycles. The molecule has 0 aliphatic carbocycles. The van der Waals surface area contributed by atoms with Crippen molar-refractivity contribution in [3.8, 4) is 0 Å². The SMILES string of the molecule is Cc1ccnc(N)c1C(=O)C(C)(C)O. The Morgan fingerprint density at radius 3 is 2.57 bits per heavy atom. The van der Waals surface area contributed by atoms with Gasteiger partial charge in [0.05, 0.1) is 5.56 Å². The Kier molecular flexibility index (Phi) is 2.57. The van der Waals surface area contributed by atoms with E-state index in [0.717, 1.165) is 5.56 Å². The first-order valence-corrected chi connectivity index (χ1v) is 4.32. The zero-order valence-electron chi connectivity index (χ0n) is 8.53. The standard InChI is InChI=1S/C10H14N2O2/c1-6-4-5-12-9(11)7(6)8(13)10(2,3)14/h4-5,14H,1-3H3,(H2,11,12). The van der Waals surface area contributed by atoms with E-state index in [9.17, 15) is 9.90 Å².